The Morgan fingerprint density at radius 3 is 2.65 bits per heavy atom. The first-order valence-electron chi connectivity index (χ1n) is 7.24. The molecule has 20 heavy (non-hydrogen) atoms. The zero-order valence-electron chi connectivity index (χ0n) is 11.4. The minimum Gasteiger partial charge on any atom is -0.325 e. The Morgan fingerprint density at radius 2 is 1.95 bits per heavy atom. The lowest BCUT2D eigenvalue weighted by molar-refractivity contribution is 0.448. The van der Waals surface area contributed by atoms with E-state index in [-0.39, 0.29) is 5.82 Å². The summed E-state index contributed by atoms with van der Waals surface area (Å²) in [5.74, 6) is 0.328. The molecule has 2 nitrogen and oxygen atoms in total. The van der Waals surface area contributed by atoms with E-state index in [2.05, 4.69) is 4.98 Å². The van der Waals surface area contributed by atoms with Crippen molar-refractivity contribution >= 4 is 11.3 Å². The van der Waals surface area contributed by atoms with Crippen LogP contribution in [0.25, 0.3) is 11.3 Å². The standard InChI is InChI=1S/C16H19FN2S/c17-13-9-5-4-8-12(13)15-16(20-14(10-18)19-15)11-6-2-1-3-7-11/h4-5,8-9,11H,1-3,6-7,10,18H2. The summed E-state index contributed by atoms with van der Waals surface area (Å²) in [6.45, 7) is 0.429. The highest BCUT2D eigenvalue weighted by atomic mass is 32.1. The van der Waals surface area contributed by atoms with Gasteiger partial charge in [-0.05, 0) is 30.9 Å². The zero-order chi connectivity index (χ0) is 13.9. The van der Waals surface area contributed by atoms with Gasteiger partial charge in [0, 0.05) is 17.0 Å². The molecule has 4 heteroatoms. The number of thiazole rings is 1. The summed E-state index contributed by atoms with van der Waals surface area (Å²) in [5.41, 5.74) is 7.17. The lowest BCUT2D eigenvalue weighted by atomic mass is 9.87. The van der Waals surface area contributed by atoms with Crippen molar-refractivity contribution in [2.45, 2.75) is 44.6 Å². The Hall–Kier alpha value is -1.26. The number of hydrogen-bond acceptors (Lipinski definition) is 3. The Morgan fingerprint density at radius 1 is 1.20 bits per heavy atom. The second kappa shape index (κ2) is 6.02. The van der Waals surface area contributed by atoms with Crippen LogP contribution >= 0.6 is 11.3 Å². The normalized spacial score (nSPS) is 16.5. The largest absolute Gasteiger partial charge is 0.325 e. The predicted octanol–water partition coefficient (Wildman–Crippen LogP) is 4.46. The number of nitrogens with two attached hydrogens (primary N) is 1. The summed E-state index contributed by atoms with van der Waals surface area (Å²) in [7, 11) is 0. The SMILES string of the molecule is NCc1nc(-c2ccccc2F)c(C2CCCCC2)s1. The highest BCUT2D eigenvalue weighted by Crippen LogP contribution is 2.41. The van der Waals surface area contributed by atoms with Crippen molar-refractivity contribution in [3.05, 3.63) is 40.0 Å². The van der Waals surface area contributed by atoms with Gasteiger partial charge < -0.3 is 5.73 Å². The summed E-state index contributed by atoms with van der Waals surface area (Å²) in [4.78, 5) is 5.82. The molecule has 1 aromatic carbocycles. The molecule has 2 N–H and O–H groups in total. The molecular formula is C16H19FN2S. The van der Waals surface area contributed by atoms with E-state index in [0.29, 0.717) is 18.0 Å². The van der Waals surface area contributed by atoms with E-state index in [1.807, 2.05) is 12.1 Å². The predicted molar refractivity (Wildman–Crippen MR) is 81.2 cm³/mol. The van der Waals surface area contributed by atoms with Crippen molar-refractivity contribution < 1.29 is 4.39 Å². The molecule has 0 atom stereocenters. The van der Waals surface area contributed by atoms with E-state index in [1.54, 1.807) is 17.4 Å². The lowest BCUT2D eigenvalue weighted by Gasteiger charge is -2.21. The maximum atomic E-state index is 14.1. The van der Waals surface area contributed by atoms with Gasteiger partial charge in [0.2, 0.25) is 0 Å². The number of aromatic nitrogens is 1. The van der Waals surface area contributed by atoms with Gasteiger partial charge in [-0.3, -0.25) is 0 Å². The number of nitrogens with zero attached hydrogens (tertiary/aromatic N) is 1. The van der Waals surface area contributed by atoms with Crippen molar-refractivity contribution in [2.75, 3.05) is 0 Å². The molecule has 0 aliphatic heterocycles. The Labute approximate surface area is 122 Å². The van der Waals surface area contributed by atoms with Crippen LogP contribution in [0.15, 0.2) is 24.3 Å². The molecule has 1 aromatic heterocycles. The lowest BCUT2D eigenvalue weighted by Crippen LogP contribution is -2.04. The molecule has 1 heterocycles. The fourth-order valence-corrected chi connectivity index (χ4v) is 4.08. The Bertz CT molecular complexity index is 588. The minimum atomic E-state index is -0.196. The van der Waals surface area contributed by atoms with Gasteiger partial charge in [0.1, 0.15) is 10.8 Å². The smallest absolute Gasteiger partial charge is 0.132 e. The summed E-state index contributed by atoms with van der Waals surface area (Å²) in [6, 6.07) is 6.90. The van der Waals surface area contributed by atoms with Crippen LogP contribution in [-0.4, -0.2) is 4.98 Å². The number of hydrogen-bond donors (Lipinski definition) is 1. The number of rotatable bonds is 3. The molecule has 1 aliphatic rings. The minimum absolute atomic E-state index is 0.196. The molecule has 0 unspecified atom stereocenters. The molecule has 0 saturated heterocycles. The van der Waals surface area contributed by atoms with E-state index in [4.69, 9.17) is 5.73 Å². The second-order valence-electron chi connectivity index (χ2n) is 5.34. The summed E-state index contributed by atoms with van der Waals surface area (Å²) >= 11 is 1.67. The summed E-state index contributed by atoms with van der Waals surface area (Å²) < 4.78 is 14.1. The first-order chi connectivity index (χ1) is 9.79. The molecule has 0 radical (unpaired) electrons. The van der Waals surface area contributed by atoms with Gasteiger partial charge in [-0.15, -0.1) is 11.3 Å². The average Bonchev–Trinajstić information content (AvgIpc) is 2.93. The Kier molecular flexibility index (Phi) is 4.13. The van der Waals surface area contributed by atoms with E-state index in [9.17, 15) is 4.39 Å². The molecule has 106 valence electrons. The maximum Gasteiger partial charge on any atom is 0.132 e. The summed E-state index contributed by atoms with van der Waals surface area (Å²) in [6.07, 6.45) is 6.21. The monoisotopic (exact) mass is 290 g/mol. The summed E-state index contributed by atoms with van der Waals surface area (Å²) in [5, 5.41) is 0.906. The highest BCUT2D eigenvalue weighted by molar-refractivity contribution is 7.12. The average molecular weight is 290 g/mol. The van der Waals surface area contributed by atoms with Crippen LogP contribution in [0.3, 0.4) is 0 Å². The third-order valence-corrected chi connectivity index (χ3v) is 5.22. The van der Waals surface area contributed by atoms with E-state index in [0.717, 1.165) is 10.7 Å². The van der Waals surface area contributed by atoms with E-state index < -0.39 is 0 Å². The third-order valence-electron chi connectivity index (χ3n) is 3.98. The molecule has 0 amide bonds. The number of halogens is 1. The van der Waals surface area contributed by atoms with E-state index in [1.165, 1.54) is 43.0 Å². The highest BCUT2D eigenvalue weighted by Gasteiger charge is 2.24. The van der Waals surface area contributed by atoms with Crippen LogP contribution in [-0.2, 0) is 6.54 Å². The van der Waals surface area contributed by atoms with Gasteiger partial charge >= 0.3 is 0 Å². The fourth-order valence-electron chi connectivity index (χ4n) is 2.95. The molecular weight excluding hydrogens is 271 g/mol. The quantitative estimate of drug-likeness (QED) is 0.906. The molecule has 1 fully saturated rings. The maximum absolute atomic E-state index is 14.1. The van der Waals surface area contributed by atoms with Gasteiger partial charge in [-0.25, -0.2) is 9.37 Å². The van der Waals surface area contributed by atoms with Crippen LogP contribution < -0.4 is 5.73 Å². The first kappa shape index (κ1) is 13.7. The van der Waals surface area contributed by atoms with Gasteiger partial charge in [-0.1, -0.05) is 31.4 Å². The van der Waals surface area contributed by atoms with Crippen LogP contribution in [0.4, 0.5) is 4.39 Å². The zero-order valence-corrected chi connectivity index (χ0v) is 12.3. The molecule has 1 aliphatic carbocycles. The first-order valence-corrected chi connectivity index (χ1v) is 8.06. The van der Waals surface area contributed by atoms with Crippen molar-refractivity contribution in [1.29, 1.82) is 0 Å². The van der Waals surface area contributed by atoms with Crippen LogP contribution in [0.5, 0.6) is 0 Å². The molecule has 2 aromatic rings. The number of benzene rings is 1. The van der Waals surface area contributed by atoms with Gasteiger partial charge in [0.15, 0.2) is 0 Å². The third kappa shape index (κ3) is 2.63. The van der Waals surface area contributed by atoms with Crippen molar-refractivity contribution in [1.82, 2.24) is 4.98 Å². The Balaban J connectivity index is 2.05. The van der Waals surface area contributed by atoms with Gasteiger partial charge in [0.05, 0.1) is 5.69 Å². The fraction of sp³-hybridized carbons (Fsp3) is 0.438. The molecule has 3 rings (SSSR count). The van der Waals surface area contributed by atoms with Crippen molar-refractivity contribution in [3.8, 4) is 11.3 Å². The molecule has 0 bridgehead atoms. The topological polar surface area (TPSA) is 38.9 Å². The van der Waals surface area contributed by atoms with Crippen LogP contribution in [0.1, 0.15) is 47.9 Å². The van der Waals surface area contributed by atoms with Gasteiger partial charge in [0.25, 0.3) is 0 Å². The second-order valence-corrected chi connectivity index (χ2v) is 6.45. The molecule has 0 spiro atoms. The van der Waals surface area contributed by atoms with Crippen molar-refractivity contribution in [3.63, 3.8) is 0 Å². The molecule has 1 saturated carbocycles. The van der Waals surface area contributed by atoms with Crippen LogP contribution in [0.2, 0.25) is 0 Å². The van der Waals surface area contributed by atoms with Crippen molar-refractivity contribution in [2.24, 2.45) is 5.73 Å². The van der Waals surface area contributed by atoms with Crippen LogP contribution in [0, 0.1) is 5.82 Å². The van der Waals surface area contributed by atoms with Gasteiger partial charge in [-0.2, -0.15) is 0 Å². The van der Waals surface area contributed by atoms with E-state index >= 15 is 0 Å².